The lowest BCUT2D eigenvalue weighted by atomic mass is 9.98. The van der Waals surface area contributed by atoms with E-state index in [9.17, 15) is 4.79 Å². The molecule has 0 spiro atoms. The molecule has 1 aliphatic rings. The molecule has 0 aliphatic carbocycles. The van der Waals surface area contributed by atoms with Crippen LogP contribution in [0.3, 0.4) is 0 Å². The Kier molecular flexibility index (Phi) is 7.35. The standard InChI is InChI=1S/C13H21NO5/c1-16-8-6-4-5-7-11-12(19-10-18-3)13(15)14(11)9-17-2/h4-7,11-12H,8-10H2,1-3H3/b6-4+,7-5+/t11?,12-/m1/s1. The number of carbonyl (C=O) groups is 1. The van der Waals surface area contributed by atoms with Gasteiger partial charge in [-0.25, -0.2) is 0 Å². The summed E-state index contributed by atoms with van der Waals surface area (Å²) >= 11 is 0. The second kappa shape index (κ2) is 8.82. The van der Waals surface area contributed by atoms with Gasteiger partial charge < -0.3 is 23.8 Å². The highest BCUT2D eigenvalue weighted by Gasteiger charge is 2.46. The molecule has 0 N–H and O–H groups in total. The Morgan fingerprint density at radius 1 is 1.16 bits per heavy atom. The van der Waals surface area contributed by atoms with Crippen LogP contribution >= 0.6 is 0 Å². The number of nitrogens with zero attached hydrogens (tertiary/aromatic N) is 1. The second-order valence-electron chi connectivity index (χ2n) is 3.98. The Morgan fingerprint density at radius 3 is 2.58 bits per heavy atom. The second-order valence-corrected chi connectivity index (χ2v) is 3.98. The minimum absolute atomic E-state index is 0.0885. The molecule has 1 saturated heterocycles. The first-order chi connectivity index (χ1) is 9.26. The normalized spacial score (nSPS) is 23.5. The number of methoxy groups -OCH3 is 3. The fourth-order valence-corrected chi connectivity index (χ4v) is 1.75. The van der Waals surface area contributed by atoms with Crippen LogP contribution in [0.5, 0.6) is 0 Å². The summed E-state index contributed by atoms with van der Waals surface area (Å²) < 4.78 is 20.0. The Labute approximate surface area is 113 Å². The predicted octanol–water partition coefficient (Wildman–Crippen LogP) is 0.549. The van der Waals surface area contributed by atoms with E-state index in [-0.39, 0.29) is 25.5 Å². The number of allylic oxidation sites excluding steroid dienone is 2. The molecule has 0 radical (unpaired) electrons. The zero-order valence-corrected chi connectivity index (χ0v) is 11.6. The molecular formula is C13H21NO5. The summed E-state index contributed by atoms with van der Waals surface area (Å²) in [6.45, 7) is 0.906. The number of β-lactam (4-membered cyclic amide) rings is 1. The van der Waals surface area contributed by atoms with Crippen molar-refractivity contribution < 1.29 is 23.7 Å². The molecule has 1 amide bonds. The van der Waals surface area contributed by atoms with Crippen molar-refractivity contribution in [1.82, 2.24) is 4.90 Å². The van der Waals surface area contributed by atoms with Gasteiger partial charge in [-0.15, -0.1) is 0 Å². The van der Waals surface area contributed by atoms with Crippen LogP contribution < -0.4 is 0 Å². The average molecular weight is 271 g/mol. The molecule has 0 aromatic carbocycles. The Bertz CT molecular complexity index is 329. The van der Waals surface area contributed by atoms with Crippen molar-refractivity contribution in [2.75, 3.05) is 41.5 Å². The molecule has 1 rings (SSSR count). The topological polar surface area (TPSA) is 57.2 Å². The van der Waals surface area contributed by atoms with Gasteiger partial charge in [0.15, 0.2) is 6.10 Å². The molecule has 6 heteroatoms. The van der Waals surface area contributed by atoms with Gasteiger partial charge in [-0.05, 0) is 0 Å². The van der Waals surface area contributed by atoms with Crippen molar-refractivity contribution in [2.24, 2.45) is 0 Å². The summed E-state index contributed by atoms with van der Waals surface area (Å²) in [6.07, 6.45) is 7.00. The van der Waals surface area contributed by atoms with Gasteiger partial charge in [0.25, 0.3) is 5.91 Å². The average Bonchev–Trinajstić information content (AvgIpc) is 2.42. The first-order valence-corrected chi connectivity index (χ1v) is 5.98. The SMILES string of the molecule is COC/C=C/C=C/C1[C@@H](OCOC)C(=O)N1COC. The van der Waals surface area contributed by atoms with Gasteiger partial charge in [0.2, 0.25) is 0 Å². The number of ether oxygens (including phenoxy) is 4. The maximum absolute atomic E-state index is 11.8. The van der Waals surface area contributed by atoms with E-state index in [1.54, 1.807) is 19.1 Å². The third kappa shape index (κ3) is 4.43. The van der Waals surface area contributed by atoms with Gasteiger partial charge in [-0.2, -0.15) is 0 Å². The third-order valence-electron chi connectivity index (χ3n) is 2.65. The number of carbonyl (C=O) groups excluding carboxylic acids is 1. The van der Waals surface area contributed by atoms with Gasteiger partial charge in [-0.1, -0.05) is 24.3 Å². The number of hydrogen-bond acceptors (Lipinski definition) is 5. The van der Waals surface area contributed by atoms with Crippen molar-refractivity contribution in [3.63, 3.8) is 0 Å². The first kappa shape index (κ1) is 15.8. The van der Waals surface area contributed by atoms with Crippen molar-refractivity contribution in [2.45, 2.75) is 12.1 Å². The molecule has 0 aromatic heterocycles. The van der Waals surface area contributed by atoms with Gasteiger partial charge in [0.1, 0.15) is 13.5 Å². The number of hydrogen-bond donors (Lipinski definition) is 0. The minimum atomic E-state index is -0.498. The highest BCUT2D eigenvalue weighted by Crippen LogP contribution is 2.24. The molecule has 1 heterocycles. The summed E-state index contributed by atoms with van der Waals surface area (Å²) in [5.41, 5.74) is 0. The van der Waals surface area contributed by atoms with Gasteiger partial charge >= 0.3 is 0 Å². The molecule has 0 bridgehead atoms. The van der Waals surface area contributed by atoms with E-state index in [0.29, 0.717) is 6.61 Å². The Balaban J connectivity index is 2.54. The lowest BCUT2D eigenvalue weighted by Crippen LogP contribution is -2.65. The summed E-state index contributed by atoms with van der Waals surface area (Å²) in [6, 6.07) is -0.130. The van der Waals surface area contributed by atoms with Crippen molar-refractivity contribution in [3.8, 4) is 0 Å². The van der Waals surface area contributed by atoms with E-state index in [1.807, 2.05) is 24.3 Å². The maximum Gasteiger partial charge on any atom is 0.256 e. The molecule has 1 fully saturated rings. The smallest absolute Gasteiger partial charge is 0.256 e. The van der Waals surface area contributed by atoms with Crippen LogP contribution in [-0.2, 0) is 23.7 Å². The van der Waals surface area contributed by atoms with E-state index in [0.717, 1.165) is 0 Å². The molecule has 2 atom stereocenters. The lowest BCUT2D eigenvalue weighted by Gasteiger charge is -2.44. The predicted molar refractivity (Wildman–Crippen MR) is 69.4 cm³/mol. The summed E-state index contributed by atoms with van der Waals surface area (Å²) in [5.74, 6) is -0.0885. The maximum atomic E-state index is 11.8. The van der Waals surface area contributed by atoms with Crippen LogP contribution in [0, 0.1) is 0 Å². The van der Waals surface area contributed by atoms with Gasteiger partial charge in [0.05, 0.1) is 12.6 Å². The Hall–Kier alpha value is -1.21. The van der Waals surface area contributed by atoms with Crippen LogP contribution in [0.1, 0.15) is 0 Å². The molecule has 19 heavy (non-hydrogen) atoms. The largest absolute Gasteiger partial charge is 0.381 e. The van der Waals surface area contributed by atoms with Gasteiger partial charge in [0, 0.05) is 21.3 Å². The molecule has 1 aliphatic heterocycles. The molecule has 1 unspecified atom stereocenters. The fraction of sp³-hybridized carbons (Fsp3) is 0.615. The van der Waals surface area contributed by atoms with Crippen LogP contribution in [0.15, 0.2) is 24.3 Å². The van der Waals surface area contributed by atoms with Crippen LogP contribution in [0.4, 0.5) is 0 Å². The van der Waals surface area contributed by atoms with E-state index in [2.05, 4.69) is 0 Å². The highest BCUT2D eigenvalue weighted by molar-refractivity contribution is 5.89. The van der Waals surface area contributed by atoms with Crippen LogP contribution in [0.25, 0.3) is 0 Å². The lowest BCUT2D eigenvalue weighted by molar-refractivity contribution is -0.190. The van der Waals surface area contributed by atoms with E-state index >= 15 is 0 Å². The monoisotopic (exact) mass is 271 g/mol. The Morgan fingerprint density at radius 2 is 1.95 bits per heavy atom. The molecule has 0 saturated carbocycles. The fourth-order valence-electron chi connectivity index (χ4n) is 1.75. The van der Waals surface area contributed by atoms with E-state index in [4.69, 9.17) is 18.9 Å². The zero-order valence-electron chi connectivity index (χ0n) is 11.6. The molecular weight excluding hydrogens is 250 g/mol. The van der Waals surface area contributed by atoms with Crippen LogP contribution in [-0.4, -0.2) is 64.4 Å². The quantitative estimate of drug-likeness (QED) is 0.348. The zero-order chi connectivity index (χ0) is 14.1. The van der Waals surface area contributed by atoms with Crippen molar-refractivity contribution in [1.29, 1.82) is 0 Å². The first-order valence-electron chi connectivity index (χ1n) is 5.98. The van der Waals surface area contributed by atoms with Crippen molar-refractivity contribution in [3.05, 3.63) is 24.3 Å². The van der Waals surface area contributed by atoms with E-state index in [1.165, 1.54) is 7.11 Å². The van der Waals surface area contributed by atoms with E-state index < -0.39 is 6.10 Å². The molecule has 6 nitrogen and oxygen atoms in total. The summed E-state index contributed by atoms with van der Waals surface area (Å²) in [7, 11) is 4.71. The number of rotatable bonds is 9. The molecule has 0 aromatic rings. The summed E-state index contributed by atoms with van der Waals surface area (Å²) in [4.78, 5) is 13.4. The third-order valence-corrected chi connectivity index (χ3v) is 2.65. The van der Waals surface area contributed by atoms with Crippen molar-refractivity contribution >= 4 is 5.91 Å². The number of amides is 1. The number of likely N-dealkylation sites (tertiary alicyclic amines) is 1. The highest BCUT2D eigenvalue weighted by atomic mass is 16.7. The molecule has 108 valence electrons. The van der Waals surface area contributed by atoms with Crippen LogP contribution in [0.2, 0.25) is 0 Å². The summed E-state index contributed by atoms with van der Waals surface area (Å²) in [5, 5.41) is 0. The van der Waals surface area contributed by atoms with Gasteiger partial charge in [-0.3, -0.25) is 4.79 Å². The minimum Gasteiger partial charge on any atom is -0.381 e.